The molecule has 0 saturated heterocycles. The largest absolute Gasteiger partial charge is 0.393 e. The SMILES string of the molecule is CS(=O)(=O)CCCC(O)Cc1cc(F)cc(F)c1. The van der Waals surface area contributed by atoms with Gasteiger partial charge in [-0.3, -0.25) is 0 Å². The molecule has 1 N–H and O–H groups in total. The molecule has 6 heteroatoms. The van der Waals surface area contributed by atoms with E-state index in [2.05, 4.69) is 0 Å². The van der Waals surface area contributed by atoms with Gasteiger partial charge in [0.25, 0.3) is 0 Å². The first-order valence-electron chi connectivity index (χ1n) is 5.57. The molecule has 0 fully saturated rings. The molecule has 18 heavy (non-hydrogen) atoms. The van der Waals surface area contributed by atoms with Crippen molar-refractivity contribution in [2.45, 2.75) is 25.4 Å². The second-order valence-corrected chi connectivity index (χ2v) is 6.67. The quantitative estimate of drug-likeness (QED) is 0.861. The molecule has 0 radical (unpaired) electrons. The van der Waals surface area contributed by atoms with Crippen LogP contribution in [0.4, 0.5) is 8.78 Å². The number of benzene rings is 1. The van der Waals surface area contributed by atoms with Crippen molar-refractivity contribution in [3.8, 4) is 0 Å². The monoisotopic (exact) mass is 278 g/mol. The van der Waals surface area contributed by atoms with Gasteiger partial charge in [-0.25, -0.2) is 17.2 Å². The van der Waals surface area contributed by atoms with E-state index in [1.807, 2.05) is 0 Å². The fourth-order valence-electron chi connectivity index (χ4n) is 1.68. The smallest absolute Gasteiger partial charge is 0.147 e. The summed E-state index contributed by atoms with van der Waals surface area (Å²) in [5.41, 5.74) is 0.361. The van der Waals surface area contributed by atoms with E-state index in [1.165, 1.54) is 0 Å². The lowest BCUT2D eigenvalue weighted by Crippen LogP contribution is -2.13. The first-order chi connectivity index (χ1) is 8.26. The molecular weight excluding hydrogens is 262 g/mol. The molecule has 0 aromatic heterocycles. The van der Waals surface area contributed by atoms with Crippen LogP contribution in [0.15, 0.2) is 18.2 Å². The Morgan fingerprint density at radius 2 is 1.78 bits per heavy atom. The van der Waals surface area contributed by atoms with Gasteiger partial charge in [0.2, 0.25) is 0 Å². The van der Waals surface area contributed by atoms with Gasteiger partial charge in [0, 0.05) is 18.1 Å². The van der Waals surface area contributed by atoms with Gasteiger partial charge in [0.05, 0.1) is 6.10 Å². The van der Waals surface area contributed by atoms with Crippen molar-refractivity contribution in [2.24, 2.45) is 0 Å². The van der Waals surface area contributed by atoms with Crippen LogP contribution in [0.1, 0.15) is 18.4 Å². The Morgan fingerprint density at radius 3 is 2.28 bits per heavy atom. The number of hydrogen-bond acceptors (Lipinski definition) is 3. The lowest BCUT2D eigenvalue weighted by Gasteiger charge is -2.10. The standard InChI is InChI=1S/C12H16F2O3S/c1-18(16,17)4-2-3-12(15)7-9-5-10(13)8-11(14)6-9/h5-6,8,12,15H,2-4,7H2,1H3. The zero-order valence-electron chi connectivity index (χ0n) is 10.1. The topological polar surface area (TPSA) is 54.4 Å². The Kier molecular flexibility index (Phi) is 5.22. The third-order valence-corrected chi connectivity index (χ3v) is 3.48. The molecule has 0 aliphatic carbocycles. The van der Waals surface area contributed by atoms with Crippen molar-refractivity contribution in [3.63, 3.8) is 0 Å². The highest BCUT2D eigenvalue weighted by atomic mass is 32.2. The summed E-state index contributed by atoms with van der Waals surface area (Å²) < 4.78 is 47.5. The van der Waals surface area contributed by atoms with E-state index in [0.29, 0.717) is 12.0 Å². The van der Waals surface area contributed by atoms with Gasteiger partial charge in [-0.1, -0.05) is 0 Å². The van der Waals surface area contributed by atoms with Crippen LogP contribution in [0.3, 0.4) is 0 Å². The molecule has 3 nitrogen and oxygen atoms in total. The summed E-state index contributed by atoms with van der Waals surface area (Å²) in [5, 5.41) is 9.64. The Bertz CT molecular complexity index is 480. The van der Waals surface area contributed by atoms with Crippen LogP contribution in [0.25, 0.3) is 0 Å². The van der Waals surface area contributed by atoms with Crippen LogP contribution in [-0.4, -0.2) is 31.6 Å². The average Bonchev–Trinajstić information content (AvgIpc) is 2.12. The normalized spacial score (nSPS) is 13.6. The van der Waals surface area contributed by atoms with Gasteiger partial charge in [-0.15, -0.1) is 0 Å². The van der Waals surface area contributed by atoms with E-state index >= 15 is 0 Å². The molecule has 1 unspecified atom stereocenters. The van der Waals surface area contributed by atoms with Gasteiger partial charge in [0.15, 0.2) is 0 Å². The van der Waals surface area contributed by atoms with Crippen molar-refractivity contribution in [1.29, 1.82) is 0 Å². The highest BCUT2D eigenvalue weighted by Crippen LogP contribution is 2.12. The molecule has 0 aliphatic rings. The summed E-state index contributed by atoms with van der Waals surface area (Å²) in [6.45, 7) is 0. The average molecular weight is 278 g/mol. The summed E-state index contributed by atoms with van der Waals surface area (Å²) in [5.74, 6) is -1.37. The maximum atomic E-state index is 12.9. The minimum atomic E-state index is -3.04. The number of aliphatic hydroxyl groups is 1. The lowest BCUT2D eigenvalue weighted by molar-refractivity contribution is 0.164. The van der Waals surface area contributed by atoms with Crippen molar-refractivity contribution < 1.29 is 22.3 Å². The summed E-state index contributed by atoms with van der Waals surface area (Å²) in [6, 6.07) is 3.07. The van der Waals surface area contributed by atoms with Gasteiger partial charge in [-0.2, -0.15) is 0 Å². The summed E-state index contributed by atoms with van der Waals surface area (Å²) in [6.07, 6.45) is 1.05. The van der Waals surface area contributed by atoms with E-state index in [-0.39, 0.29) is 18.6 Å². The van der Waals surface area contributed by atoms with Crippen molar-refractivity contribution in [3.05, 3.63) is 35.4 Å². The molecule has 1 rings (SSSR count). The van der Waals surface area contributed by atoms with Gasteiger partial charge in [0.1, 0.15) is 21.5 Å². The van der Waals surface area contributed by atoms with E-state index < -0.39 is 27.6 Å². The van der Waals surface area contributed by atoms with Crippen molar-refractivity contribution in [2.75, 3.05) is 12.0 Å². The molecule has 0 amide bonds. The molecule has 102 valence electrons. The predicted octanol–water partition coefficient (Wildman–Crippen LogP) is 1.69. The summed E-state index contributed by atoms with van der Waals surface area (Å²) >= 11 is 0. The van der Waals surface area contributed by atoms with E-state index in [4.69, 9.17) is 0 Å². The van der Waals surface area contributed by atoms with Crippen molar-refractivity contribution in [1.82, 2.24) is 0 Å². The molecule has 1 aromatic rings. The number of rotatable bonds is 6. The molecular formula is C12H16F2O3S. The Morgan fingerprint density at radius 1 is 1.22 bits per heavy atom. The first kappa shape index (κ1) is 15.0. The number of sulfone groups is 1. The zero-order chi connectivity index (χ0) is 13.8. The third-order valence-electron chi connectivity index (χ3n) is 2.45. The van der Waals surface area contributed by atoms with Gasteiger partial charge in [-0.05, 0) is 37.0 Å². The van der Waals surface area contributed by atoms with Crippen LogP contribution >= 0.6 is 0 Å². The number of aliphatic hydroxyl groups excluding tert-OH is 1. The van der Waals surface area contributed by atoms with Crippen LogP contribution in [0.5, 0.6) is 0 Å². The van der Waals surface area contributed by atoms with Crippen LogP contribution in [0, 0.1) is 11.6 Å². The molecule has 0 bridgehead atoms. The van der Waals surface area contributed by atoms with Crippen LogP contribution in [0.2, 0.25) is 0 Å². The molecule has 0 spiro atoms. The van der Waals surface area contributed by atoms with Crippen LogP contribution < -0.4 is 0 Å². The highest BCUT2D eigenvalue weighted by molar-refractivity contribution is 7.90. The predicted molar refractivity (Wildman–Crippen MR) is 65.0 cm³/mol. The molecule has 1 aromatic carbocycles. The van der Waals surface area contributed by atoms with E-state index in [1.54, 1.807) is 0 Å². The van der Waals surface area contributed by atoms with Gasteiger partial charge < -0.3 is 5.11 Å². The van der Waals surface area contributed by atoms with Crippen LogP contribution in [-0.2, 0) is 16.3 Å². The molecule has 1 atom stereocenters. The zero-order valence-corrected chi connectivity index (χ0v) is 10.9. The maximum Gasteiger partial charge on any atom is 0.147 e. The Hall–Kier alpha value is -1.01. The minimum Gasteiger partial charge on any atom is -0.393 e. The second kappa shape index (κ2) is 6.24. The second-order valence-electron chi connectivity index (χ2n) is 4.41. The lowest BCUT2D eigenvalue weighted by atomic mass is 10.0. The fraction of sp³-hybridized carbons (Fsp3) is 0.500. The number of halogens is 2. The van der Waals surface area contributed by atoms with Gasteiger partial charge >= 0.3 is 0 Å². The summed E-state index contributed by atoms with van der Waals surface area (Å²) in [4.78, 5) is 0. The third kappa shape index (κ3) is 6.07. The molecule has 0 saturated carbocycles. The summed E-state index contributed by atoms with van der Waals surface area (Å²) in [7, 11) is -3.04. The minimum absolute atomic E-state index is 0.00156. The van der Waals surface area contributed by atoms with E-state index in [0.717, 1.165) is 24.5 Å². The number of hydrogen-bond donors (Lipinski definition) is 1. The Labute approximate surface area is 105 Å². The molecule has 0 aliphatic heterocycles. The fourth-order valence-corrected chi connectivity index (χ4v) is 2.38. The van der Waals surface area contributed by atoms with Crippen molar-refractivity contribution >= 4 is 9.84 Å². The maximum absolute atomic E-state index is 12.9. The van der Waals surface area contributed by atoms with E-state index in [9.17, 15) is 22.3 Å². The molecule has 0 heterocycles. The Balaban J connectivity index is 2.47. The first-order valence-corrected chi connectivity index (χ1v) is 7.63. The highest BCUT2D eigenvalue weighted by Gasteiger charge is 2.10.